The standard InChI is InChI=1S/C28H32N2O6/c1-28(18-14-24(33-4)27(36-7)25(15-18)34-5)16-21(29-19-10-8-9-11-20(19)30-28)17-12-22(31-2)26(35-6)23(13-17)32-3/h8-15,30H,16H2,1-7H3. The highest BCUT2D eigenvalue weighted by atomic mass is 16.5. The molecule has 0 aliphatic carbocycles. The van der Waals surface area contributed by atoms with E-state index in [4.69, 9.17) is 33.4 Å². The summed E-state index contributed by atoms with van der Waals surface area (Å²) in [5.74, 6) is 3.37. The zero-order chi connectivity index (χ0) is 25.9. The number of benzene rings is 3. The summed E-state index contributed by atoms with van der Waals surface area (Å²) in [4.78, 5) is 5.07. The molecule has 1 aliphatic heterocycles. The maximum Gasteiger partial charge on any atom is 0.203 e. The fourth-order valence-corrected chi connectivity index (χ4v) is 4.53. The normalized spacial score (nSPS) is 16.6. The van der Waals surface area contributed by atoms with Crippen LogP contribution >= 0.6 is 0 Å². The van der Waals surface area contributed by atoms with Gasteiger partial charge in [0.1, 0.15) is 0 Å². The molecule has 0 spiro atoms. The number of hydrogen-bond donors (Lipinski definition) is 1. The van der Waals surface area contributed by atoms with Gasteiger partial charge >= 0.3 is 0 Å². The zero-order valence-corrected chi connectivity index (χ0v) is 21.7. The Hall–Kier alpha value is -4.07. The number of nitrogens with one attached hydrogen (secondary N) is 1. The molecule has 0 saturated heterocycles. The van der Waals surface area contributed by atoms with Gasteiger partial charge < -0.3 is 33.7 Å². The van der Waals surface area contributed by atoms with Crippen LogP contribution in [0.25, 0.3) is 0 Å². The Labute approximate surface area is 211 Å². The highest BCUT2D eigenvalue weighted by Gasteiger charge is 2.34. The van der Waals surface area contributed by atoms with E-state index < -0.39 is 5.54 Å². The average Bonchev–Trinajstić information content (AvgIpc) is 3.07. The van der Waals surface area contributed by atoms with Crippen molar-refractivity contribution in [3.05, 3.63) is 59.7 Å². The highest BCUT2D eigenvalue weighted by Crippen LogP contribution is 2.46. The quantitative estimate of drug-likeness (QED) is 0.439. The molecule has 1 N–H and O–H groups in total. The SMILES string of the molecule is COc1cc(C2=Nc3ccccc3NC(C)(c3cc(OC)c(OC)c(OC)c3)C2)cc(OC)c1OC. The molecular weight excluding hydrogens is 460 g/mol. The molecule has 0 amide bonds. The van der Waals surface area contributed by atoms with E-state index in [9.17, 15) is 0 Å². The molecule has 0 fully saturated rings. The van der Waals surface area contributed by atoms with Crippen LogP contribution in [0.2, 0.25) is 0 Å². The van der Waals surface area contributed by atoms with Crippen molar-refractivity contribution in [2.75, 3.05) is 48.0 Å². The maximum atomic E-state index is 5.64. The first-order chi connectivity index (χ1) is 17.4. The molecule has 36 heavy (non-hydrogen) atoms. The third-order valence-electron chi connectivity index (χ3n) is 6.39. The molecule has 8 nitrogen and oxygen atoms in total. The third kappa shape index (κ3) is 4.46. The van der Waals surface area contributed by atoms with E-state index in [0.717, 1.165) is 28.2 Å². The van der Waals surface area contributed by atoms with Gasteiger partial charge in [0, 0.05) is 12.0 Å². The Kier molecular flexibility index (Phi) is 7.15. The van der Waals surface area contributed by atoms with Gasteiger partial charge in [-0.15, -0.1) is 0 Å². The second kappa shape index (κ2) is 10.3. The fraction of sp³-hybridized carbons (Fsp3) is 0.321. The van der Waals surface area contributed by atoms with Gasteiger partial charge in [0.05, 0.1) is 65.3 Å². The molecule has 1 heterocycles. The van der Waals surface area contributed by atoms with Gasteiger partial charge in [-0.05, 0) is 48.9 Å². The van der Waals surface area contributed by atoms with E-state index in [2.05, 4.69) is 12.2 Å². The predicted octanol–water partition coefficient (Wildman–Crippen LogP) is 5.59. The molecule has 4 rings (SSSR count). The lowest BCUT2D eigenvalue weighted by Crippen LogP contribution is -2.34. The topological polar surface area (TPSA) is 79.8 Å². The van der Waals surface area contributed by atoms with Crippen molar-refractivity contribution < 1.29 is 28.4 Å². The van der Waals surface area contributed by atoms with Gasteiger partial charge in [0.15, 0.2) is 23.0 Å². The van der Waals surface area contributed by atoms with Gasteiger partial charge in [-0.1, -0.05) is 12.1 Å². The average molecular weight is 493 g/mol. The van der Waals surface area contributed by atoms with E-state index in [-0.39, 0.29) is 0 Å². The molecule has 1 aliphatic rings. The monoisotopic (exact) mass is 492 g/mol. The second-order valence-corrected chi connectivity index (χ2v) is 8.54. The van der Waals surface area contributed by atoms with E-state index >= 15 is 0 Å². The fourth-order valence-electron chi connectivity index (χ4n) is 4.53. The molecule has 0 aromatic heterocycles. The van der Waals surface area contributed by atoms with Crippen molar-refractivity contribution in [3.63, 3.8) is 0 Å². The molecule has 0 radical (unpaired) electrons. The molecule has 1 atom stereocenters. The smallest absolute Gasteiger partial charge is 0.203 e. The number of aliphatic imine (C=N–C) groups is 1. The summed E-state index contributed by atoms with van der Waals surface area (Å²) < 4.78 is 33.6. The van der Waals surface area contributed by atoms with Crippen LogP contribution in [-0.2, 0) is 5.54 Å². The van der Waals surface area contributed by atoms with Crippen molar-refractivity contribution in [2.45, 2.75) is 18.9 Å². The number of hydrogen-bond acceptors (Lipinski definition) is 8. The van der Waals surface area contributed by atoms with Crippen LogP contribution < -0.4 is 33.7 Å². The number of para-hydroxylation sites is 2. The number of methoxy groups -OCH3 is 6. The van der Waals surface area contributed by atoms with Crippen LogP contribution in [0, 0.1) is 0 Å². The number of ether oxygens (including phenoxy) is 6. The van der Waals surface area contributed by atoms with E-state index in [0.29, 0.717) is 40.9 Å². The summed E-state index contributed by atoms with van der Waals surface area (Å²) in [6, 6.07) is 15.7. The summed E-state index contributed by atoms with van der Waals surface area (Å²) in [7, 11) is 9.62. The first kappa shape index (κ1) is 25.0. The summed E-state index contributed by atoms with van der Waals surface area (Å²) >= 11 is 0. The van der Waals surface area contributed by atoms with Crippen molar-refractivity contribution in [1.82, 2.24) is 0 Å². The molecule has 8 heteroatoms. The van der Waals surface area contributed by atoms with Crippen molar-refractivity contribution in [3.8, 4) is 34.5 Å². The minimum Gasteiger partial charge on any atom is -0.493 e. The van der Waals surface area contributed by atoms with Gasteiger partial charge in [0.2, 0.25) is 11.5 Å². The summed E-state index contributed by atoms with van der Waals surface area (Å²) in [6.45, 7) is 2.13. The Morgan fingerprint density at radius 1 is 0.694 bits per heavy atom. The van der Waals surface area contributed by atoms with Gasteiger partial charge in [-0.25, -0.2) is 0 Å². The lowest BCUT2D eigenvalue weighted by Gasteiger charge is -2.33. The molecular formula is C28H32N2O6. The number of fused-ring (bicyclic) bond motifs is 1. The lowest BCUT2D eigenvalue weighted by molar-refractivity contribution is 0.322. The Balaban J connectivity index is 1.92. The maximum absolute atomic E-state index is 5.64. The Morgan fingerprint density at radius 3 is 1.69 bits per heavy atom. The first-order valence-electron chi connectivity index (χ1n) is 11.5. The number of nitrogens with zero attached hydrogens (tertiary/aromatic N) is 1. The molecule has 190 valence electrons. The van der Waals surface area contributed by atoms with E-state index in [1.807, 2.05) is 48.5 Å². The third-order valence-corrected chi connectivity index (χ3v) is 6.39. The van der Waals surface area contributed by atoms with Crippen LogP contribution in [0.1, 0.15) is 24.5 Å². The van der Waals surface area contributed by atoms with E-state index in [1.165, 1.54) is 0 Å². The summed E-state index contributed by atoms with van der Waals surface area (Å²) in [5, 5.41) is 3.72. The highest BCUT2D eigenvalue weighted by molar-refractivity contribution is 6.05. The van der Waals surface area contributed by atoms with Gasteiger partial charge in [-0.3, -0.25) is 4.99 Å². The zero-order valence-electron chi connectivity index (χ0n) is 21.7. The van der Waals surface area contributed by atoms with Crippen molar-refractivity contribution in [1.29, 1.82) is 0 Å². The van der Waals surface area contributed by atoms with E-state index in [1.54, 1.807) is 42.7 Å². The van der Waals surface area contributed by atoms with Crippen molar-refractivity contribution >= 4 is 17.1 Å². The summed E-state index contributed by atoms with van der Waals surface area (Å²) in [5.41, 5.74) is 3.82. The minimum absolute atomic E-state index is 0.531. The molecule has 3 aromatic carbocycles. The number of anilines is 1. The molecule has 3 aromatic rings. The van der Waals surface area contributed by atoms with Crippen LogP contribution in [0.5, 0.6) is 34.5 Å². The number of rotatable bonds is 8. The Morgan fingerprint density at radius 2 is 1.19 bits per heavy atom. The van der Waals surface area contributed by atoms with Gasteiger partial charge in [0.25, 0.3) is 0 Å². The van der Waals surface area contributed by atoms with Crippen LogP contribution in [0.15, 0.2) is 53.5 Å². The molecule has 0 bridgehead atoms. The molecule has 0 saturated carbocycles. The van der Waals surface area contributed by atoms with Crippen molar-refractivity contribution in [2.24, 2.45) is 4.99 Å². The minimum atomic E-state index is -0.585. The lowest BCUT2D eigenvalue weighted by atomic mass is 9.84. The largest absolute Gasteiger partial charge is 0.493 e. The second-order valence-electron chi connectivity index (χ2n) is 8.54. The summed E-state index contributed by atoms with van der Waals surface area (Å²) in [6.07, 6.45) is 0.541. The molecule has 1 unspecified atom stereocenters. The van der Waals surface area contributed by atoms with Crippen LogP contribution in [-0.4, -0.2) is 48.4 Å². The first-order valence-corrected chi connectivity index (χ1v) is 11.5. The van der Waals surface area contributed by atoms with Crippen LogP contribution in [0.4, 0.5) is 11.4 Å². The predicted molar refractivity (Wildman–Crippen MR) is 140 cm³/mol. The van der Waals surface area contributed by atoms with Gasteiger partial charge in [-0.2, -0.15) is 0 Å². The van der Waals surface area contributed by atoms with Crippen LogP contribution in [0.3, 0.4) is 0 Å². The Bertz CT molecular complexity index is 1240.